The van der Waals surface area contributed by atoms with Crippen molar-refractivity contribution < 1.29 is 4.79 Å². The molecule has 0 unspecified atom stereocenters. The molecule has 2 atom stereocenters. The van der Waals surface area contributed by atoms with Gasteiger partial charge in [0.25, 0.3) is 0 Å². The van der Waals surface area contributed by atoms with E-state index in [1.165, 1.54) is 25.7 Å². The zero-order valence-corrected chi connectivity index (χ0v) is 6.60. The summed E-state index contributed by atoms with van der Waals surface area (Å²) in [6, 6.07) is 0.491. The van der Waals surface area contributed by atoms with Gasteiger partial charge in [0.2, 0.25) is 0 Å². The first kappa shape index (κ1) is 6.95. The monoisotopic (exact) mass is 154 g/mol. The van der Waals surface area contributed by atoms with Gasteiger partial charge in [-0.25, -0.2) is 4.79 Å². The van der Waals surface area contributed by atoms with E-state index in [1.54, 1.807) is 0 Å². The number of rotatable bonds is 0. The van der Waals surface area contributed by atoms with E-state index >= 15 is 0 Å². The minimum absolute atomic E-state index is 0.0214. The summed E-state index contributed by atoms with van der Waals surface area (Å²) in [5.41, 5.74) is 0. The van der Waals surface area contributed by atoms with Crippen LogP contribution in [0.3, 0.4) is 0 Å². The summed E-state index contributed by atoms with van der Waals surface area (Å²) in [5, 5.41) is 5.80. The lowest BCUT2D eigenvalue weighted by Gasteiger charge is -2.36. The molecule has 2 amide bonds. The third-order valence-electron chi connectivity index (χ3n) is 2.75. The number of hydrogen-bond donors (Lipinski definition) is 2. The van der Waals surface area contributed by atoms with Crippen LogP contribution in [-0.2, 0) is 0 Å². The molecule has 2 aliphatic rings. The Hall–Kier alpha value is -0.730. The smallest absolute Gasteiger partial charge is 0.315 e. The highest BCUT2D eigenvalue weighted by molar-refractivity contribution is 5.75. The van der Waals surface area contributed by atoms with Crippen LogP contribution in [-0.4, -0.2) is 18.6 Å². The van der Waals surface area contributed by atoms with Gasteiger partial charge in [0.15, 0.2) is 0 Å². The van der Waals surface area contributed by atoms with E-state index in [-0.39, 0.29) is 6.03 Å². The van der Waals surface area contributed by atoms with Crippen LogP contribution in [0, 0.1) is 5.92 Å². The van der Waals surface area contributed by atoms with Gasteiger partial charge in [0.05, 0.1) is 0 Å². The average molecular weight is 154 g/mol. The summed E-state index contributed by atoms with van der Waals surface area (Å²) in [6.07, 6.45) is 5.07. The molecule has 2 rings (SSSR count). The van der Waals surface area contributed by atoms with Crippen molar-refractivity contribution in [1.29, 1.82) is 0 Å². The predicted octanol–water partition coefficient (Wildman–Crippen LogP) is 0.858. The maximum Gasteiger partial charge on any atom is 0.315 e. The SMILES string of the molecule is O=C1NC[C@@H]2CCCC[C@@H]2N1. The average Bonchev–Trinajstić information content (AvgIpc) is 2.04. The summed E-state index contributed by atoms with van der Waals surface area (Å²) >= 11 is 0. The first-order chi connectivity index (χ1) is 5.36. The van der Waals surface area contributed by atoms with Crippen LogP contribution in [0.25, 0.3) is 0 Å². The lowest BCUT2D eigenvalue weighted by molar-refractivity contribution is 0.193. The maximum atomic E-state index is 10.9. The summed E-state index contributed by atoms with van der Waals surface area (Å²) in [7, 11) is 0. The molecule has 2 N–H and O–H groups in total. The minimum atomic E-state index is 0.0214. The lowest BCUT2D eigenvalue weighted by atomic mass is 9.83. The summed E-state index contributed by atoms with van der Waals surface area (Å²) in [5.74, 6) is 0.696. The molecule has 0 bridgehead atoms. The predicted molar refractivity (Wildman–Crippen MR) is 42.3 cm³/mol. The molecule has 0 aromatic rings. The molecule has 1 heterocycles. The molecule has 1 saturated carbocycles. The first-order valence-corrected chi connectivity index (χ1v) is 4.40. The van der Waals surface area contributed by atoms with Crippen LogP contribution in [0.4, 0.5) is 4.79 Å². The molecule has 1 saturated heterocycles. The molecule has 0 aromatic carbocycles. The van der Waals surface area contributed by atoms with Gasteiger partial charge in [0, 0.05) is 12.6 Å². The van der Waals surface area contributed by atoms with Crippen molar-refractivity contribution in [2.45, 2.75) is 31.7 Å². The van der Waals surface area contributed by atoms with Gasteiger partial charge < -0.3 is 10.6 Å². The fourth-order valence-electron chi connectivity index (χ4n) is 2.09. The molecule has 62 valence electrons. The highest BCUT2D eigenvalue weighted by Crippen LogP contribution is 2.25. The Balaban J connectivity index is 1.98. The Morgan fingerprint density at radius 3 is 3.00 bits per heavy atom. The molecule has 2 fully saturated rings. The van der Waals surface area contributed by atoms with Gasteiger partial charge in [-0.1, -0.05) is 12.8 Å². The molecule has 11 heavy (non-hydrogen) atoms. The van der Waals surface area contributed by atoms with Crippen LogP contribution in [0.5, 0.6) is 0 Å². The third kappa shape index (κ3) is 1.32. The normalized spacial score (nSPS) is 36.9. The van der Waals surface area contributed by atoms with E-state index in [0.29, 0.717) is 12.0 Å². The number of carbonyl (C=O) groups excluding carboxylic acids is 1. The highest BCUT2D eigenvalue weighted by atomic mass is 16.2. The van der Waals surface area contributed by atoms with Crippen LogP contribution in [0.15, 0.2) is 0 Å². The zero-order valence-electron chi connectivity index (χ0n) is 6.60. The van der Waals surface area contributed by atoms with Crippen molar-refractivity contribution in [2.24, 2.45) is 5.92 Å². The van der Waals surface area contributed by atoms with Crippen LogP contribution >= 0.6 is 0 Å². The second-order valence-electron chi connectivity index (χ2n) is 3.51. The van der Waals surface area contributed by atoms with E-state index in [4.69, 9.17) is 0 Å². The van der Waals surface area contributed by atoms with Gasteiger partial charge in [-0.05, 0) is 18.8 Å². The van der Waals surface area contributed by atoms with E-state index in [0.717, 1.165) is 6.54 Å². The van der Waals surface area contributed by atoms with Gasteiger partial charge in [0.1, 0.15) is 0 Å². The van der Waals surface area contributed by atoms with E-state index in [2.05, 4.69) is 10.6 Å². The van der Waals surface area contributed by atoms with E-state index in [1.807, 2.05) is 0 Å². The van der Waals surface area contributed by atoms with Crippen molar-refractivity contribution in [2.75, 3.05) is 6.54 Å². The van der Waals surface area contributed by atoms with Crippen molar-refractivity contribution in [1.82, 2.24) is 10.6 Å². The number of carbonyl (C=O) groups is 1. The molecule has 1 aliphatic carbocycles. The van der Waals surface area contributed by atoms with Crippen LogP contribution in [0.2, 0.25) is 0 Å². The largest absolute Gasteiger partial charge is 0.338 e. The first-order valence-electron chi connectivity index (χ1n) is 4.40. The molecule has 1 aliphatic heterocycles. The van der Waals surface area contributed by atoms with Crippen LogP contribution in [0.1, 0.15) is 25.7 Å². The molecule has 0 aromatic heterocycles. The topological polar surface area (TPSA) is 41.1 Å². The van der Waals surface area contributed by atoms with Gasteiger partial charge in [-0.15, -0.1) is 0 Å². The highest BCUT2D eigenvalue weighted by Gasteiger charge is 2.29. The Morgan fingerprint density at radius 2 is 2.09 bits per heavy atom. The maximum absolute atomic E-state index is 10.9. The van der Waals surface area contributed by atoms with Crippen molar-refractivity contribution in [3.05, 3.63) is 0 Å². The lowest BCUT2D eigenvalue weighted by Crippen LogP contribution is -2.55. The molecule has 0 radical (unpaired) electrons. The molecular weight excluding hydrogens is 140 g/mol. The second kappa shape index (κ2) is 2.72. The van der Waals surface area contributed by atoms with Gasteiger partial charge in [-0.2, -0.15) is 0 Å². The number of amides is 2. The minimum Gasteiger partial charge on any atom is -0.338 e. The Bertz CT molecular complexity index is 169. The van der Waals surface area contributed by atoms with Crippen molar-refractivity contribution in [3.63, 3.8) is 0 Å². The fraction of sp³-hybridized carbons (Fsp3) is 0.875. The number of hydrogen-bond acceptors (Lipinski definition) is 1. The molecule has 3 nitrogen and oxygen atoms in total. The zero-order chi connectivity index (χ0) is 7.68. The van der Waals surface area contributed by atoms with E-state index < -0.39 is 0 Å². The standard InChI is InChI=1S/C8H14N2O/c11-8-9-5-6-3-1-2-4-7(6)10-8/h6-7H,1-5H2,(H2,9,10,11)/t6-,7-/m0/s1. The van der Waals surface area contributed by atoms with Gasteiger partial charge in [-0.3, -0.25) is 0 Å². The Labute approximate surface area is 66.5 Å². The Kier molecular flexibility index (Phi) is 1.72. The number of urea groups is 1. The van der Waals surface area contributed by atoms with Crippen molar-refractivity contribution >= 4 is 6.03 Å². The van der Waals surface area contributed by atoms with Crippen LogP contribution < -0.4 is 10.6 Å². The third-order valence-corrected chi connectivity index (χ3v) is 2.75. The van der Waals surface area contributed by atoms with Crippen molar-refractivity contribution in [3.8, 4) is 0 Å². The van der Waals surface area contributed by atoms with Gasteiger partial charge >= 0.3 is 6.03 Å². The molecule has 3 heteroatoms. The summed E-state index contributed by atoms with van der Waals surface area (Å²) in [6.45, 7) is 0.885. The number of nitrogens with one attached hydrogen (secondary N) is 2. The molecular formula is C8H14N2O. The fourth-order valence-corrected chi connectivity index (χ4v) is 2.09. The Morgan fingerprint density at radius 1 is 1.27 bits per heavy atom. The summed E-state index contributed by atoms with van der Waals surface area (Å²) in [4.78, 5) is 10.9. The summed E-state index contributed by atoms with van der Waals surface area (Å²) < 4.78 is 0. The quantitative estimate of drug-likeness (QED) is 0.533. The molecule has 0 spiro atoms. The second-order valence-corrected chi connectivity index (χ2v) is 3.51. The van der Waals surface area contributed by atoms with E-state index in [9.17, 15) is 4.79 Å². The number of fused-ring (bicyclic) bond motifs is 1.